The molecular formula is C16H25NO2. The quantitative estimate of drug-likeness (QED) is 0.655. The summed E-state index contributed by atoms with van der Waals surface area (Å²) in [6.45, 7) is 10.2. The fraction of sp³-hybridized carbons (Fsp3) is 0.562. The summed E-state index contributed by atoms with van der Waals surface area (Å²) in [6.07, 6.45) is 0.412. The topological polar surface area (TPSA) is 38.3 Å². The van der Waals surface area contributed by atoms with Crippen LogP contribution in [0.25, 0.3) is 0 Å². The minimum Gasteiger partial charge on any atom is -0.469 e. The lowest BCUT2D eigenvalue weighted by atomic mass is 9.85. The molecule has 0 unspecified atom stereocenters. The van der Waals surface area contributed by atoms with Gasteiger partial charge in [0.15, 0.2) is 0 Å². The Labute approximate surface area is 116 Å². The van der Waals surface area contributed by atoms with E-state index in [0.717, 1.165) is 6.54 Å². The van der Waals surface area contributed by atoms with Crippen LogP contribution in [0.15, 0.2) is 18.2 Å². The maximum atomic E-state index is 11.0. The van der Waals surface area contributed by atoms with Gasteiger partial charge in [0.25, 0.3) is 0 Å². The van der Waals surface area contributed by atoms with Gasteiger partial charge in [0.1, 0.15) is 0 Å². The van der Waals surface area contributed by atoms with E-state index in [1.165, 1.54) is 23.8 Å². The molecule has 1 aromatic rings. The number of carbonyl (C=O) groups is 1. The van der Waals surface area contributed by atoms with Crippen molar-refractivity contribution in [2.75, 3.05) is 13.7 Å². The fourth-order valence-electron chi connectivity index (χ4n) is 1.88. The summed E-state index contributed by atoms with van der Waals surface area (Å²) in [5, 5.41) is 3.27. The second-order valence-electron chi connectivity index (χ2n) is 5.89. The summed E-state index contributed by atoms with van der Waals surface area (Å²) in [5.41, 5.74) is 4.10. The van der Waals surface area contributed by atoms with Crippen LogP contribution >= 0.6 is 0 Å². The van der Waals surface area contributed by atoms with E-state index in [-0.39, 0.29) is 11.4 Å². The van der Waals surface area contributed by atoms with Crippen LogP contribution < -0.4 is 5.32 Å². The number of aryl methyl sites for hydroxylation is 1. The summed E-state index contributed by atoms with van der Waals surface area (Å²) in [5.74, 6) is -0.174. The van der Waals surface area contributed by atoms with Crippen molar-refractivity contribution in [3.8, 4) is 0 Å². The zero-order chi connectivity index (χ0) is 14.5. The third kappa shape index (κ3) is 5.03. The number of nitrogens with one attached hydrogen (secondary N) is 1. The zero-order valence-corrected chi connectivity index (χ0v) is 12.7. The number of hydrogen-bond donors (Lipinski definition) is 1. The van der Waals surface area contributed by atoms with Crippen LogP contribution in [0.4, 0.5) is 0 Å². The van der Waals surface area contributed by atoms with Crippen molar-refractivity contribution in [3.63, 3.8) is 0 Å². The van der Waals surface area contributed by atoms with E-state index >= 15 is 0 Å². The first-order valence-electron chi connectivity index (χ1n) is 6.72. The number of rotatable bonds is 5. The van der Waals surface area contributed by atoms with Gasteiger partial charge >= 0.3 is 5.97 Å². The number of methoxy groups -OCH3 is 1. The largest absolute Gasteiger partial charge is 0.469 e. The van der Waals surface area contributed by atoms with Gasteiger partial charge in [-0.1, -0.05) is 39.0 Å². The minimum atomic E-state index is -0.174. The van der Waals surface area contributed by atoms with Gasteiger partial charge in [-0.2, -0.15) is 0 Å². The molecule has 1 rings (SSSR count). The summed E-state index contributed by atoms with van der Waals surface area (Å²) < 4.78 is 4.60. The van der Waals surface area contributed by atoms with Crippen LogP contribution in [-0.2, 0) is 21.5 Å². The number of ether oxygens (including phenoxy) is 1. The average molecular weight is 263 g/mol. The minimum absolute atomic E-state index is 0.174. The van der Waals surface area contributed by atoms with Crippen molar-refractivity contribution >= 4 is 5.97 Å². The highest BCUT2D eigenvalue weighted by atomic mass is 16.5. The molecule has 106 valence electrons. The molecular weight excluding hydrogens is 238 g/mol. The lowest BCUT2D eigenvalue weighted by Gasteiger charge is -2.20. The molecule has 0 aliphatic rings. The molecule has 0 saturated carbocycles. The highest BCUT2D eigenvalue weighted by Crippen LogP contribution is 2.24. The van der Waals surface area contributed by atoms with E-state index in [1.807, 2.05) is 0 Å². The molecule has 0 fully saturated rings. The van der Waals surface area contributed by atoms with Gasteiger partial charge in [-0.15, -0.1) is 0 Å². The zero-order valence-electron chi connectivity index (χ0n) is 12.7. The number of benzene rings is 1. The Kier molecular flexibility index (Phi) is 5.55. The molecule has 0 spiro atoms. The van der Waals surface area contributed by atoms with Gasteiger partial charge in [-0.05, 0) is 29.0 Å². The van der Waals surface area contributed by atoms with Crippen LogP contribution in [0.2, 0.25) is 0 Å². The maximum absolute atomic E-state index is 11.0. The Morgan fingerprint density at radius 2 is 2.00 bits per heavy atom. The molecule has 3 heteroatoms. The standard InChI is InChI=1S/C16H25NO2/c1-12-10-14(16(2,3)4)7-6-13(12)11-17-9-8-15(18)19-5/h6-7,10,17H,8-9,11H2,1-5H3. The van der Waals surface area contributed by atoms with Crippen molar-refractivity contribution < 1.29 is 9.53 Å². The monoisotopic (exact) mass is 263 g/mol. The van der Waals surface area contributed by atoms with E-state index in [1.54, 1.807) is 0 Å². The molecule has 1 aromatic carbocycles. The van der Waals surface area contributed by atoms with E-state index in [4.69, 9.17) is 0 Å². The van der Waals surface area contributed by atoms with Crippen molar-refractivity contribution in [3.05, 3.63) is 34.9 Å². The molecule has 0 bridgehead atoms. The first-order valence-corrected chi connectivity index (χ1v) is 6.72. The lowest BCUT2D eigenvalue weighted by molar-refractivity contribution is -0.140. The highest BCUT2D eigenvalue weighted by Gasteiger charge is 2.14. The van der Waals surface area contributed by atoms with Gasteiger partial charge in [-0.3, -0.25) is 4.79 Å². The second-order valence-corrected chi connectivity index (χ2v) is 5.89. The first-order chi connectivity index (χ1) is 8.84. The predicted molar refractivity (Wildman–Crippen MR) is 78.2 cm³/mol. The predicted octanol–water partition coefficient (Wildman–Crippen LogP) is 2.95. The molecule has 0 atom stereocenters. The molecule has 0 saturated heterocycles. The molecule has 0 aliphatic carbocycles. The average Bonchev–Trinajstić information content (AvgIpc) is 2.34. The Morgan fingerprint density at radius 1 is 1.32 bits per heavy atom. The Bertz CT molecular complexity index is 433. The molecule has 0 radical (unpaired) electrons. The molecule has 3 nitrogen and oxygen atoms in total. The van der Waals surface area contributed by atoms with Gasteiger partial charge in [-0.25, -0.2) is 0 Å². The van der Waals surface area contributed by atoms with Gasteiger partial charge in [0.2, 0.25) is 0 Å². The van der Waals surface area contributed by atoms with Crippen LogP contribution in [0, 0.1) is 6.92 Å². The number of carbonyl (C=O) groups excluding carboxylic acids is 1. The van der Waals surface area contributed by atoms with E-state index < -0.39 is 0 Å². The third-order valence-electron chi connectivity index (χ3n) is 3.26. The molecule has 1 N–H and O–H groups in total. The lowest BCUT2D eigenvalue weighted by Crippen LogP contribution is -2.19. The number of hydrogen-bond acceptors (Lipinski definition) is 3. The Hall–Kier alpha value is -1.35. The summed E-state index contributed by atoms with van der Waals surface area (Å²) in [6, 6.07) is 6.60. The molecule has 0 amide bonds. The fourth-order valence-corrected chi connectivity index (χ4v) is 1.88. The second kappa shape index (κ2) is 6.71. The van der Waals surface area contributed by atoms with Crippen LogP contribution in [0.3, 0.4) is 0 Å². The Morgan fingerprint density at radius 3 is 2.53 bits per heavy atom. The van der Waals surface area contributed by atoms with Crippen molar-refractivity contribution in [1.29, 1.82) is 0 Å². The van der Waals surface area contributed by atoms with Crippen LogP contribution in [0.1, 0.15) is 43.9 Å². The van der Waals surface area contributed by atoms with Gasteiger partial charge in [0.05, 0.1) is 13.5 Å². The van der Waals surface area contributed by atoms with E-state index in [0.29, 0.717) is 13.0 Å². The summed E-state index contributed by atoms with van der Waals surface area (Å²) in [4.78, 5) is 11.0. The summed E-state index contributed by atoms with van der Waals surface area (Å²) in [7, 11) is 1.41. The molecule has 0 aliphatic heterocycles. The Balaban J connectivity index is 2.54. The van der Waals surface area contributed by atoms with Crippen LogP contribution in [-0.4, -0.2) is 19.6 Å². The third-order valence-corrected chi connectivity index (χ3v) is 3.26. The van der Waals surface area contributed by atoms with E-state index in [9.17, 15) is 4.79 Å². The van der Waals surface area contributed by atoms with Crippen molar-refractivity contribution in [2.24, 2.45) is 0 Å². The highest BCUT2D eigenvalue weighted by molar-refractivity contribution is 5.69. The van der Waals surface area contributed by atoms with Gasteiger partial charge < -0.3 is 10.1 Å². The van der Waals surface area contributed by atoms with Gasteiger partial charge in [0, 0.05) is 13.1 Å². The first kappa shape index (κ1) is 15.7. The van der Waals surface area contributed by atoms with Crippen molar-refractivity contribution in [1.82, 2.24) is 5.32 Å². The van der Waals surface area contributed by atoms with Crippen LogP contribution in [0.5, 0.6) is 0 Å². The van der Waals surface area contributed by atoms with Crippen molar-refractivity contribution in [2.45, 2.75) is 46.1 Å². The molecule has 0 aromatic heterocycles. The SMILES string of the molecule is COC(=O)CCNCc1ccc(C(C)(C)C)cc1C. The normalized spacial score (nSPS) is 11.4. The summed E-state index contributed by atoms with van der Waals surface area (Å²) >= 11 is 0. The molecule has 0 heterocycles. The maximum Gasteiger partial charge on any atom is 0.306 e. The number of esters is 1. The smallest absolute Gasteiger partial charge is 0.306 e. The molecule has 19 heavy (non-hydrogen) atoms. The van der Waals surface area contributed by atoms with E-state index in [2.05, 4.69) is 55.9 Å².